The van der Waals surface area contributed by atoms with Gasteiger partial charge in [0.15, 0.2) is 0 Å². The molecule has 0 aliphatic heterocycles. The van der Waals surface area contributed by atoms with Gasteiger partial charge in [0.05, 0.1) is 21.2 Å². The molecule has 0 spiro atoms. The Morgan fingerprint density at radius 2 is 1.93 bits per heavy atom. The second-order valence-electron chi connectivity index (χ2n) is 6.54. The first-order valence-electron chi connectivity index (χ1n) is 9.48. The van der Waals surface area contributed by atoms with Crippen molar-refractivity contribution in [3.8, 4) is 20.5 Å². The van der Waals surface area contributed by atoms with Crippen molar-refractivity contribution in [2.75, 3.05) is 12.3 Å². The molecule has 0 saturated heterocycles. The number of hydrogen-bond acceptors (Lipinski definition) is 7. The normalized spacial score (nSPS) is 10.8. The molecule has 0 aliphatic carbocycles. The summed E-state index contributed by atoms with van der Waals surface area (Å²) in [6.07, 6.45) is 0.827. The fourth-order valence-electron chi connectivity index (χ4n) is 2.84. The number of nitrogens with one attached hydrogen (secondary N) is 1. The number of benzene rings is 1. The van der Waals surface area contributed by atoms with Crippen molar-refractivity contribution in [1.82, 2.24) is 20.5 Å². The third-order valence-corrected chi connectivity index (χ3v) is 7.47. The Morgan fingerprint density at radius 3 is 2.67 bits per heavy atom. The first-order valence-corrected chi connectivity index (χ1v) is 12.2. The zero-order chi connectivity index (χ0) is 20.8. The Labute approximate surface area is 187 Å². The first kappa shape index (κ1) is 20.7. The van der Waals surface area contributed by atoms with E-state index in [0.29, 0.717) is 12.3 Å². The van der Waals surface area contributed by atoms with Crippen LogP contribution in [0, 0.1) is 6.92 Å². The van der Waals surface area contributed by atoms with Crippen LogP contribution >= 0.6 is 34.4 Å². The molecule has 4 aromatic rings. The summed E-state index contributed by atoms with van der Waals surface area (Å²) in [6, 6.07) is 18.1. The number of aromatic nitrogens is 3. The van der Waals surface area contributed by atoms with Crippen molar-refractivity contribution in [3.63, 3.8) is 0 Å². The smallest absolute Gasteiger partial charge is 0.230 e. The maximum Gasteiger partial charge on any atom is 0.230 e. The van der Waals surface area contributed by atoms with E-state index >= 15 is 0 Å². The maximum absolute atomic E-state index is 12.1. The van der Waals surface area contributed by atoms with Crippen molar-refractivity contribution in [2.24, 2.45) is 0 Å². The van der Waals surface area contributed by atoms with Crippen LogP contribution in [0.25, 0.3) is 20.5 Å². The zero-order valence-corrected chi connectivity index (χ0v) is 18.8. The second kappa shape index (κ2) is 9.97. The van der Waals surface area contributed by atoms with Crippen molar-refractivity contribution in [2.45, 2.75) is 18.4 Å². The molecule has 0 saturated carbocycles. The van der Waals surface area contributed by atoms with Crippen LogP contribution in [-0.4, -0.2) is 33.4 Å². The molecule has 8 heteroatoms. The number of nitrogens with zero attached hydrogens (tertiary/aromatic N) is 3. The summed E-state index contributed by atoms with van der Waals surface area (Å²) in [5.74, 6) is 0.325. The van der Waals surface area contributed by atoms with E-state index in [1.807, 2.05) is 43.3 Å². The number of hydrogen-bond donors (Lipinski definition) is 1. The second-order valence-corrected chi connectivity index (χ2v) is 9.48. The fraction of sp³-hybridized carbons (Fsp3) is 0.182. The number of thiazole rings is 1. The molecule has 0 fully saturated rings. The maximum atomic E-state index is 12.1. The van der Waals surface area contributed by atoms with Crippen LogP contribution in [0.3, 0.4) is 0 Å². The van der Waals surface area contributed by atoms with Crippen LogP contribution in [0.4, 0.5) is 0 Å². The highest BCUT2D eigenvalue weighted by molar-refractivity contribution is 7.99. The van der Waals surface area contributed by atoms with E-state index in [1.165, 1.54) is 17.3 Å². The van der Waals surface area contributed by atoms with Gasteiger partial charge in [-0.3, -0.25) is 4.79 Å². The van der Waals surface area contributed by atoms with E-state index in [1.54, 1.807) is 22.7 Å². The van der Waals surface area contributed by atoms with E-state index in [9.17, 15) is 4.79 Å². The van der Waals surface area contributed by atoms with Crippen molar-refractivity contribution in [3.05, 3.63) is 71.2 Å². The molecule has 1 amide bonds. The van der Waals surface area contributed by atoms with E-state index in [-0.39, 0.29) is 5.91 Å². The minimum absolute atomic E-state index is 0.000647. The molecule has 0 radical (unpaired) electrons. The van der Waals surface area contributed by atoms with Gasteiger partial charge in [0, 0.05) is 6.54 Å². The number of carbonyl (C=O) groups excluding carboxylic acids is 1. The van der Waals surface area contributed by atoms with Crippen molar-refractivity contribution in [1.29, 1.82) is 0 Å². The largest absolute Gasteiger partial charge is 0.355 e. The molecular weight excluding hydrogens is 432 g/mol. The SMILES string of the molecule is Cc1nc(-c2cccs2)sc1-c1ccc(SCC(=O)NCCc2ccccc2)nn1. The molecule has 1 aromatic carbocycles. The first-order chi connectivity index (χ1) is 14.7. The summed E-state index contributed by atoms with van der Waals surface area (Å²) in [6.45, 7) is 2.62. The fourth-order valence-corrected chi connectivity index (χ4v) is 5.31. The van der Waals surface area contributed by atoms with Crippen LogP contribution in [0.2, 0.25) is 0 Å². The molecule has 0 unspecified atom stereocenters. The number of rotatable bonds is 8. The molecule has 0 aliphatic rings. The van der Waals surface area contributed by atoms with E-state index in [0.717, 1.165) is 37.6 Å². The van der Waals surface area contributed by atoms with E-state index in [4.69, 9.17) is 0 Å². The Hall–Kier alpha value is -2.55. The lowest BCUT2D eigenvalue weighted by Gasteiger charge is -2.05. The minimum Gasteiger partial charge on any atom is -0.355 e. The molecule has 1 N–H and O–H groups in total. The van der Waals surface area contributed by atoms with Gasteiger partial charge in [-0.25, -0.2) is 4.98 Å². The highest BCUT2D eigenvalue weighted by atomic mass is 32.2. The van der Waals surface area contributed by atoms with Crippen LogP contribution in [0.15, 0.2) is 65.0 Å². The van der Waals surface area contributed by atoms with Gasteiger partial charge in [0.1, 0.15) is 15.7 Å². The Kier molecular flexibility index (Phi) is 6.88. The van der Waals surface area contributed by atoms with Crippen LogP contribution in [0.1, 0.15) is 11.3 Å². The lowest BCUT2D eigenvalue weighted by Crippen LogP contribution is -2.27. The predicted octanol–water partition coefficient (Wildman–Crippen LogP) is 5.09. The third-order valence-electron chi connectivity index (χ3n) is 4.33. The zero-order valence-electron chi connectivity index (χ0n) is 16.4. The monoisotopic (exact) mass is 452 g/mol. The van der Waals surface area contributed by atoms with E-state index < -0.39 is 0 Å². The molecule has 0 atom stereocenters. The van der Waals surface area contributed by atoms with Gasteiger partial charge in [0.2, 0.25) is 5.91 Å². The Balaban J connectivity index is 1.29. The summed E-state index contributed by atoms with van der Waals surface area (Å²) in [5, 5.41) is 15.4. The Morgan fingerprint density at radius 1 is 1.07 bits per heavy atom. The lowest BCUT2D eigenvalue weighted by molar-refractivity contribution is -0.118. The summed E-state index contributed by atoms with van der Waals surface area (Å²) >= 11 is 4.70. The number of amides is 1. The summed E-state index contributed by atoms with van der Waals surface area (Å²) in [5.41, 5.74) is 2.98. The van der Waals surface area contributed by atoms with Crippen LogP contribution in [0.5, 0.6) is 0 Å². The molecule has 3 aromatic heterocycles. The van der Waals surface area contributed by atoms with Gasteiger partial charge >= 0.3 is 0 Å². The lowest BCUT2D eigenvalue weighted by atomic mass is 10.1. The quantitative estimate of drug-likeness (QED) is 0.377. The van der Waals surface area contributed by atoms with Crippen LogP contribution in [-0.2, 0) is 11.2 Å². The number of thioether (sulfide) groups is 1. The van der Waals surface area contributed by atoms with E-state index in [2.05, 4.69) is 44.1 Å². The molecule has 152 valence electrons. The molecule has 0 bridgehead atoms. The molecular formula is C22H20N4OS3. The summed E-state index contributed by atoms with van der Waals surface area (Å²) in [7, 11) is 0. The molecule has 30 heavy (non-hydrogen) atoms. The summed E-state index contributed by atoms with van der Waals surface area (Å²) < 4.78 is 0. The van der Waals surface area contributed by atoms with Gasteiger partial charge < -0.3 is 5.32 Å². The standard InChI is InChI=1S/C22H20N4OS3/c1-15-21(30-22(24-15)18-8-5-13-28-18)17-9-10-20(26-25-17)29-14-19(27)23-12-11-16-6-3-2-4-7-16/h2-10,13H,11-12,14H2,1H3,(H,23,27). The minimum atomic E-state index is 0.000647. The Bertz CT molecular complexity index is 1090. The average molecular weight is 453 g/mol. The highest BCUT2D eigenvalue weighted by Crippen LogP contribution is 2.36. The predicted molar refractivity (Wildman–Crippen MR) is 125 cm³/mol. The van der Waals surface area contributed by atoms with Gasteiger partial charge in [-0.15, -0.1) is 32.9 Å². The number of aryl methyl sites for hydroxylation is 1. The molecule has 3 heterocycles. The van der Waals surface area contributed by atoms with Crippen molar-refractivity contribution >= 4 is 40.3 Å². The molecule has 5 nitrogen and oxygen atoms in total. The van der Waals surface area contributed by atoms with Gasteiger partial charge in [-0.2, -0.15) is 0 Å². The summed E-state index contributed by atoms with van der Waals surface area (Å²) in [4.78, 5) is 18.9. The number of carbonyl (C=O) groups is 1. The average Bonchev–Trinajstić information content (AvgIpc) is 3.43. The topological polar surface area (TPSA) is 67.8 Å². The van der Waals surface area contributed by atoms with Gasteiger partial charge in [0.25, 0.3) is 0 Å². The third kappa shape index (κ3) is 5.33. The van der Waals surface area contributed by atoms with Crippen molar-refractivity contribution < 1.29 is 4.79 Å². The van der Waals surface area contributed by atoms with Gasteiger partial charge in [-0.1, -0.05) is 48.2 Å². The van der Waals surface area contributed by atoms with Crippen LogP contribution < -0.4 is 5.32 Å². The van der Waals surface area contributed by atoms with Gasteiger partial charge in [-0.05, 0) is 42.5 Å². The number of thiophene rings is 1. The molecule has 4 rings (SSSR count). The highest BCUT2D eigenvalue weighted by Gasteiger charge is 2.14.